The SMILES string of the molecule is CC(C)(C)OC(=O)NC1CC=NN1C(F)F. The van der Waals surface area contributed by atoms with Crippen LogP contribution in [0.2, 0.25) is 0 Å². The number of ether oxygens (including phenoxy) is 1. The highest BCUT2D eigenvalue weighted by atomic mass is 19.3. The molecule has 16 heavy (non-hydrogen) atoms. The van der Waals surface area contributed by atoms with Gasteiger partial charge in [-0.25, -0.2) is 9.80 Å². The number of rotatable bonds is 2. The van der Waals surface area contributed by atoms with Crippen molar-refractivity contribution in [2.75, 3.05) is 0 Å². The van der Waals surface area contributed by atoms with Crippen molar-refractivity contribution >= 4 is 12.3 Å². The molecule has 0 aromatic rings. The normalized spacial score (nSPS) is 20.4. The van der Waals surface area contributed by atoms with Gasteiger partial charge in [-0.3, -0.25) is 5.32 Å². The van der Waals surface area contributed by atoms with Crippen molar-refractivity contribution in [2.24, 2.45) is 5.10 Å². The maximum atomic E-state index is 12.4. The van der Waals surface area contributed by atoms with Crippen LogP contribution < -0.4 is 5.32 Å². The van der Waals surface area contributed by atoms with E-state index in [2.05, 4.69) is 10.4 Å². The van der Waals surface area contributed by atoms with Gasteiger partial charge in [0.2, 0.25) is 0 Å². The molecule has 0 fully saturated rings. The van der Waals surface area contributed by atoms with E-state index in [9.17, 15) is 13.6 Å². The molecule has 1 N–H and O–H groups in total. The average Bonchev–Trinajstić information content (AvgIpc) is 2.47. The minimum absolute atomic E-state index is 0.240. The van der Waals surface area contributed by atoms with Crippen LogP contribution in [0.3, 0.4) is 0 Å². The first-order valence-corrected chi connectivity index (χ1v) is 4.88. The third-order valence-corrected chi connectivity index (χ3v) is 1.75. The van der Waals surface area contributed by atoms with E-state index >= 15 is 0 Å². The molecule has 0 aliphatic carbocycles. The van der Waals surface area contributed by atoms with Crippen molar-refractivity contribution < 1.29 is 18.3 Å². The predicted molar refractivity (Wildman–Crippen MR) is 54.1 cm³/mol. The second-order valence-corrected chi connectivity index (χ2v) is 4.35. The number of hydrazone groups is 1. The number of nitrogens with one attached hydrogen (secondary N) is 1. The highest BCUT2D eigenvalue weighted by Gasteiger charge is 2.30. The zero-order valence-corrected chi connectivity index (χ0v) is 9.41. The van der Waals surface area contributed by atoms with Gasteiger partial charge in [0.1, 0.15) is 11.8 Å². The Bertz CT molecular complexity index is 289. The van der Waals surface area contributed by atoms with Crippen LogP contribution in [-0.2, 0) is 4.74 Å². The number of alkyl halides is 2. The number of hydrogen-bond acceptors (Lipinski definition) is 4. The van der Waals surface area contributed by atoms with Crippen LogP contribution in [-0.4, -0.2) is 35.6 Å². The average molecular weight is 235 g/mol. The van der Waals surface area contributed by atoms with Gasteiger partial charge in [0.15, 0.2) is 0 Å². The molecule has 1 aliphatic heterocycles. The highest BCUT2D eigenvalue weighted by molar-refractivity contribution is 5.69. The predicted octanol–water partition coefficient (Wildman–Crippen LogP) is 1.75. The van der Waals surface area contributed by atoms with E-state index in [1.807, 2.05) is 0 Å². The first kappa shape index (κ1) is 12.7. The molecule has 7 heteroatoms. The van der Waals surface area contributed by atoms with Crippen LogP contribution >= 0.6 is 0 Å². The van der Waals surface area contributed by atoms with Gasteiger partial charge in [-0.2, -0.15) is 13.9 Å². The topological polar surface area (TPSA) is 53.9 Å². The summed E-state index contributed by atoms with van der Waals surface area (Å²) >= 11 is 0. The Balaban J connectivity index is 2.46. The lowest BCUT2D eigenvalue weighted by Gasteiger charge is -2.25. The van der Waals surface area contributed by atoms with Crippen molar-refractivity contribution in [1.29, 1.82) is 0 Å². The Kier molecular flexibility index (Phi) is 3.66. The summed E-state index contributed by atoms with van der Waals surface area (Å²) in [5.41, 5.74) is -0.654. The third-order valence-electron chi connectivity index (χ3n) is 1.75. The van der Waals surface area contributed by atoms with Crippen molar-refractivity contribution in [3.63, 3.8) is 0 Å². The fourth-order valence-electron chi connectivity index (χ4n) is 1.18. The molecule has 5 nitrogen and oxygen atoms in total. The molecule has 0 spiro atoms. The molecule has 1 atom stereocenters. The number of amides is 1. The van der Waals surface area contributed by atoms with E-state index in [-0.39, 0.29) is 6.42 Å². The summed E-state index contributed by atoms with van der Waals surface area (Å²) in [5.74, 6) is 0. The molecule has 92 valence electrons. The summed E-state index contributed by atoms with van der Waals surface area (Å²) in [6, 6.07) is 0. The highest BCUT2D eigenvalue weighted by Crippen LogP contribution is 2.15. The van der Waals surface area contributed by atoms with Gasteiger partial charge in [0.25, 0.3) is 0 Å². The minimum Gasteiger partial charge on any atom is -0.444 e. The van der Waals surface area contributed by atoms with Gasteiger partial charge in [-0.15, -0.1) is 0 Å². The molecule has 0 saturated carbocycles. The summed E-state index contributed by atoms with van der Waals surface area (Å²) in [6.07, 6.45) is 0.00104. The van der Waals surface area contributed by atoms with Gasteiger partial charge >= 0.3 is 12.6 Å². The van der Waals surface area contributed by atoms with E-state index in [0.29, 0.717) is 5.01 Å². The molecule has 0 aromatic heterocycles. The van der Waals surface area contributed by atoms with Gasteiger partial charge in [0, 0.05) is 12.6 Å². The van der Waals surface area contributed by atoms with Crippen molar-refractivity contribution in [3.05, 3.63) is 0 Å². The first-order valence-electron chi connectivity index (χ1n) is 4.88. The van der Waals surface area contributed by atoms with Crippen molar-refractivity contribution in [2.45, 2.75) is 45.5 Å². The van der Waals surface area contributed by atoms with Gasteiger partial charge < -0.3 is 4.74 Å². The van der Waals surface area contributed by atoms with Crippen LogP contribution in [0.25, 0.3) is 0 Å². The summed E-state index contributed by atoms with van der Waals surface area (Å²) < 4.78 is 29.7. The van der Waals surface area contributed by atoms with Crippen LogP contribution in [0, 0.1) is 0 Å². The smallest absolute Gasteiger partial charge is 0.409 e. The number of carbonyl (C=O) groups excluding carboxylic acids is 1. The molecule has 1 aliphatic rings. The molecule has 1 unspecified atom stereocenters. The Morgan fingerprint density at radius 1 is 1.62 bits per heavy atom. The lowest BCUT2D eigenvalue weighted by Crippen LogP contribution is -2.47. The summed E-state index contributed by atoms with van der Waals surface area (Å²) in [6.45, 7) is 2.35. The number of hydrogen-bond donors (Lipinski definition) is 1. The van der Waals surface area contributed by atoms with Crippen LogP contribution in [0.1, 0.15) is 27.2 Å². The van der Waals surface area contributed by atoms with E-state index in [4.69, 9.17) is 4.74 Å². The second kappa shape index (κ2) is 4.63. The Morgan fingerprint density at radius 2 is 2.25 bits per heavy atom. The van der Waals surface area contributed by atoms with Crippen LogP contribution in [0.15, 0.2) is 5.10 Å². The molecule has 1 heterocycles. The number of carbonyl (C=O) groups is 1. The van der Waals surface area contributed by atoms with Crippen LogP contribution in [0.4, 0.5) is 13.6 Å². The van der Waals surface area contributed by atoms with E-state index < -0.39 is 24.4 Å². The lowest BCUT2D eigenvalue weighted by atomic mass is 10.2. The number of halogens is 2. The number of alkyl carbamates (subject to hydrolysis) is 1. The zero-order chi connectivity index (χ0) is 12.3. The van der Waals surface area contributed by atoms with E-state index in [1.165, 1.54) is 6.21 Å². The Morgan fingerprint density at radius 3 is 2.75 bits per heavy atom. The van der Waals surface area contributed by atoms with Crippen molar-refractivity contribution in [1.82, 2.24) is 10.3 Å². The molecule has 1 amide bonds. The largest absolute Gasteiger partial charge is 0.444 e. The van der Waals surface area contributed by atoms with Gasteiger partial charge in [-0.1, -0.05) is 0 Å². The van der Waals surface area contributed by atoms with E-state index in [1.54, 1.807) is 20.8 Å². The quantitative estimate of drug-likeness (QED) is 0.742. The molecule has 0 saturated heterocycles. The molecule has 0 aromatic carbocycles. The maximum Gasteiger partial charge on any atom is 0.409 e. The fraction of sp³-hybridized carbons (Fsp3) is 0.778. The molecule has 1 rings (SSSR count). The second-order valence-electron chi connectivity index (χ2n) is 4.35. The third kappa shape index (κ3) is 3.63. The maximum absolute atomic E-state index is 12.4. The van der Waals surface area contributed by atoms with Gasteiger partial charge in [0.05, 0.1) is 0 Å². The fourth-order valence-corrected chi connectivity index (χ4v) is 1.18. The lowest BCUT2D eigenvalue weighted by molar-refractivity contribution is -0.0528. The van der Waals surface area contributed by atoms with Crippen LogP contribution in [0.5, 0.6) is 0 Å². The summed E-state index contributed by atoms with van der Waals surface area (Å²) in [5, 5.41) is 6.31. The number of nitrogens with zero attached hydrogens (tertiary/aromatic N) is 2. The molecule has 0 radical (unpaired) electrons. The zero-order valence-electron chi connectivity index (χ0n) is 9.41. The Hall–Kier alpha value is -1.40. The van der Waals surface area contributed by atoms with E-state index in [0.717, 1.165) is 0 Å². The van der Waals surface area contributed by atoms with Gasteiger partial charge in [-0.05, 0) is 20.8 Å². The van der Waals surface area contributed by atoms with Crippen molar-refractivity contribution in [3.8, 4) is 0 Å². The monoisotopic (exact) mass is 235 g/mol. The molecular weight excluding hydrogens is 220 g/mol. The standard InChI is InChI=1S/C9H15F2N3O2/c1-9(2,3)16-8(15)13-6-4-5-12-14(6)7(10)11/h5-7H,4H2,1-3H3,(H,13,15). The Labute approximate surface area is 92.4 Å². The molecule has 0 bridgehead atoms. The first-order chi connectivity index (χ1) is 7.29. The summed E-state index contributed by atoms with van der Waals surface area (Å²) in [7, 11) is 0. The summed E-state index contributed by atoms with van der Waals surface area (Å²) in [4.78, 5) is 11.3. The minimum atomic E-state index is -2.74. The molecular formula is C9H15F2N3O2.